The summed E-state index contributed by atoms with van der Waals surface area (Å²) in [6.07, 6.45) is 67.4. The molecule has 0 aliphatic carbocycles. The number of carbonyl (C=O) groups excluding carboxylic acids is 6. The van der Waals surface area contributed by atoms with E-state index in [-0.39, 0.29) is 49.2 Å². The third-order valence-corrected chi connectivity index (χ3v) is 21.8. The molecule has 0 radical (unpaired) electrons. The van der Waals surface area contributed by atoms with Crippen LogP contribution in [-0.4, -0.2) is 146 Å². The number of rotatable bonds is 87. The predicted octanol–water partition coefficient (Wildman–Crippen LogP) is 23.3. The van der Waals surface area contributed by atoms with Crippen LogP contribution in [0.4, 0.5) is 0 Å². The van der Waals surface area contributed by atoms with Crippen molar-refractivity contribution in [2.75, 3.05) is 65.6 Å². The zero-order valence-electron chi connectivity index (χ0n) is 71.9. The monoisotopic (exact) mass is 1530 g/mol. The molecule has 0 aromatic carbocycles. The van der Waals surface area contributed by atoms with E-state index in [2.05, 4.69) is 62.0 Å². The van der Waals surface area contributed by atoms with Gasteiger partial charge in [0.25, 0.3) is 11.8 Å². The van der Waals surface area contributed by atoms with Gasteiger partial charge in [0.2, 0.25) is 0 Å². The van der Waals surface area contributed by atoms with Crippen LogP contribution in [0.2, 0.25) is 0 Å². The molecule has 0 rings (SSSR count). The molecule has 0 saturated carbocycles. The number of hydrogen-bond acceptors (Lipinski definition) is 14. The van der Waals surface area contributed by atoms with Gasteiger partial charge in [0.1, 0.15) is 12.2 Å². The maximum Gasteiger partial charge on any atom is 0.306 e. The van der Waals surface area contributed by atoms with Crippen molar-refractivity contribution in [3.63, 3.8) is 0 Å². The molecule has 0 fully saturated rings. The fourth-order valence-electron chi connectivity index (χ4n) is 14.6. The zero-order valence-corrected chi connectivity index (χ0v) is 71.9. The highest BCUT2D eigenvalue weighted by molar-refractivity contribution is 5.90. The smallest absolute Gasteiger partial charge is 0.306 e. The molecular weight excluding hydrogens is 1350 g/mol. The molecule has 638 valence electrons. The number of hydrogen-bond donors (Lipinski definition) is 4. The Morgan fingerprint density at radius 3 is 0.704 bits per heavy atom. The van der Waals surface area contributed by atoms with Crippen LogP contribution in [-0.2, 0) is 47.7 Å². The van der Waals surface area contributed by atoms with E-state index < -0.39 is 24.0 Å². The van der Waals surface area contributed by atoms with E-state index in [0.717, 1.165) is 232 Å². The van der Waals surface area contributed by atoms with Gasteiger partial charge in [-0.15, -0.1) is 0 Å². The molecule has 16 nitrogen and oxygen atoms in total. The number of aliphatic hydroxyl groups excluding tert-OH is 2. The lowest BCUT2D eigenvalue weighted by atomic mass is 10.0. The molecule has 0 aromatic heterocycles. The number of esters is 4. The Hall–Kier alpha value is -3.34. The largest absolute Gasteiger partial charge is 0.466 e. The first-order chi connectivity index (χ1) is 52.8. The van der Waals surface area contributed by atoms with E-state index in [9.17, 15) is 39.0 Å². The Balaban J connectivity index is 5.53. The van der Waals surface area contributed by atoms with Crippen molar-refractivity contribution in [2.45, 2.75) is 490 Å². The minimum atomic E-state index is -1.93. The number of ether oxygens (including phenoxy) is 4. The summed E-state index contributed by atoms with van der Waals surface area (Å²) >= 11 is 0. The summed E-state index contributed by atoms with van der Waals surface area (Å²) in [4.78, 5) is 82.5. The van der Waals surface area contributed by atoms with Crippen molar-refractivity contribution >= 4 is 35.7 Å². The Labute approximate surface area is 666 Å². The van der Waals surface area contributed by atoms with Crippen LogP contribution in [0.15, 0.2) is 0 Å². The predicted molar refractivity (Wildman–Crippen MR) is 451 cm³/mol. The summed E-state index contributed by atoms with van der Waals surface area (Å²) in [6.45, 7) is 19.4. The van der Waals surface area contributed by atoms with Gasteiger partial charge in [0.15, 0.2) is 12.2 Å². The van der Waals surface area contributed by atoms with E-state index >= 15 is 0 Å². The van der Waals surface area contributed by atoms with Crippen LogP contribution in [0.3, 0.4) is 0 Å². The van der Waals surface area contributed by atoms with Gasteiger partial charge in [-0.05, 0) is 142 Å². The Morgan fingerprint density at radius 1 is 0.250 bits per heavy atom. The van der Waals surface area contributed by atoms with Crippen molar-refractivity contribution in [2.24, 2.45) is 0 Å². The zero-order chi connectivity index (χ0) is 78.9. The van der Waals surface area contributed by atoms with Gasteiger partial charge in [-0.1, -0.05) is 324 Å². The molecule has 0 aliphatic heterocycles. The number of aliphatic hydroxyl groups is 2. The first-order valence-corrected chi connectivity index (χ1v) is 46.9. The van der Waals surface area contributed by atoms with E-state index in [1.54, 1.807) is 0 Å². The molecule has 16 heteroatoms. The lowest BCUT2D eigenvalue weighted by Gasteiger charge is -2.24. The maximum atomic E-state index is 13.4. The van der Waals surface area contributed by atoms with E-state index in [4.69, 9.17) is 18.9 Å². The van der Waals surface area contributed by atoms with Gasteiger partial charge < -0.3 is 49.6 Å². The Bertz CT molecular complexity index is 1810. The highest BCUT2D eigenvalue weighted by Gasteiger charge is 2.30. The molecule has 4 N–H and O–H groups in total. The van der Waals surface area contributed by atoms with Gasteiger partial charge in [-0.2, -0.15) is 0 Å². The molecule has 0 aliphatic rings. The van der Waals surface area contributed by atoms with Crippen molar-refractivity contribution in [3.05, 3.63) is 0 Å². The van der Waals surface area contributed by atoms with Crippen LogP contribution >= 0.6 is 0 Å². The minimum Gasteiger partial charge on any atom is -0.466 e. The van der Waals surface area contributed by atoms with Crippen molar-refractivity contribution in [1.82, 2.24) is 20.4 Å². The number of unbranched alkanes of at least 4 members (excludes halogenated alkanes) is 48. The molecule has 0 spiro atoms. The molecule has 0 bridgehead atoms. The number of nitrogens with one attached hydrogen (secondary N) is 2. The topological polar surface area (TPSA) is 210 Å². The third kappa shape index (κ3) is 72.9. The van der Waals surface area contributed by atoms with Gasteiger partial charge in [-0.3, -0.25) is 28.8 Å². The lowest BCUT2D eigenvalue weighted by Crippen LogP contribution is -2.51. The van der Waals surface area contributed by atoms with Crippen molar-refractivity contribution in [3.8, 4) is 0 Å². The second-order valence-corrected chi connectivity index (χ2v) is 32.4. The average molecular weight is 1530 g/mol. The first-order valence-electron chi connectivity index (χ1n) is 46.9. The van der Waals surface area contributed by atoms with Crippen LogP contribution in [0, 0.1) is 0 Å². The maximum absolute atomic E-state index is 13.4. The molecule has 0 saturated heterocycles. The lowest BCUT2D eigenvalue weighted by molar-refractivity contribution is -0.151. The summed E-state index contributed by atoms with van der Waals surface area (Å²) in [6, 6.07) is 0. The summed E-state index contributed by atoms with van der Waals surface area (Å²) < 4.78 is 23.3. The van der Waals surface area contributed by atoms with E-state index in [1.807, 2.05) is 0 Å². The second-order valence-electron chi connectivity index (χ2n) is 32.4. The Morgan fingerprint density at radius 2 is 0.454 bits per heavy atom. The number of nitrogens with zero attached hydrogens (tertiary/aromatic N) is 2. The highest BCUT2D eigenvalue weighted by Crippen LogP contribution is 2.22. The van der Waals surface area contributed by atoms with Crippen molar-refractivity contribution < 1.29 is 57.9 Å². The SMILES string of the molecule is CCCCCCCCCOC(=O)CCCCCCCN(CCCCCCCC(=O)OC(CCCCCCCC)CCCCCCCC)CCNC(=O)C(O)C(O)C(=O)NCCN(CCCCCCCC(=O)OCCCCCCCCC)CCCCCCCC(=O)OC(CCCCCCCC)CCCCCCCC. The normalized spacial score (nSPS) is 12.2. The summed E-state index contributed by atoms with van der Waals surface area (Å²) in [5, 5.41) is 27.7. The minimum absolute atomic E-state index is 0.0331. The molecule has 2 unspecified atom stereocenters. The first kappa shape index (κ1) is 105. The molecular formula is C92H178N4O12. The van der Waals surface area contributed by atoms with Crippen LogP contribution in [0.1, 0.15) is 465 Å². The summed E-state index contributed by atoms with van der Waals surface area (Å²) in [5.41, 5.74) is 0. The number of amides is 2. The quantitative estimate of drug-likeness (QED) is 0.0254. The van der Waals surface area contributed by atoms with E-state index in [1.165, 1.54) is 193 Å². The number of carbonyl (C=O) groups is 6. The molecule has 0 aromatic rings. The van der Waals surface area contributed by atoms with Crippen LogP contribution < -0.4 is 10.6 Å². The molecule has 2 amide bonds. The summed E-state index contributed by atoms with van der Waals surface area (Å²) in [5.74, 6) is -1.88. The molecule has 108 heavy (non-hydrogen) atoms. The Kier molecular flexibility index (Phi) is 80.5. The van der Waals surface area contributed by atoms with E-state index in [0.29, 0.717) is 52.0 Å². The van der Waals surface area contributed by atoms with Crippen LogP contribution in [0.25, 0.3) is 0 Å². The third-order valence-electron chi connectivity index (χ3n) is 21.8. The fourth-order valence-corrected chi connectivity index (χ4v) is 14.6. The van der Waals surface area contributed by atoms with Crippen molar-refractivity contribution in [1.29, 1.82) is 0 Å². The summed E-state index contributed by atoms with van der Waals surface area (Å²) in [7, 11) is 0. The van der Waals surface area contributed by atoms with Gasteiger partial charge in [0.05, 0.1) is 13.2 Å². The van der Waals surface area contributed by atoms with Gasteiger partial charge in [-0.25, -0.2) is 0 Å². The average Bonchev–Trinajstić information content (AvgIpc) is 0.896. The fraction of sp³-hybridized carbons (Fsp3) is 0.935. The van der Waals surface area contributed by atoms with Crippen LogP contribution in [0.5, 0.6) is 0 Å². The van der Waals surface area contributed by atoms with Gasteiger partial charge >= 0.3 is 23.9 Å². The molecule has 2 atom stereocenters. The second kappa shape index (κ2) is 83.1. The van der Waals surface area contributed by atoms with Gasteiger partial charge in [0, 0.05) is 51.9 Å². The highest BCUT2D eigenvalue weighted by atomic mass is 16.6. The standard InChI is InChI=1S/C92H178N4O12/c1-7-13-19-25-31-49-63-81-105-85(97)69-55-41-33-45-59-75-95(77-61-47-35-43-57-71-87(99)107-83(65-51-37-27-21-15-9-3)66-52-38-28-22-16-10-4)79-73-93-91(103)89(101)90(102)92(104)94-74-80-96(76-60-46-34-42-56-70-86(98)106-82-64-50-32-26-20-14-8-2)78-62-48-36-44-58-72-88(100)108-84(67-53-39-29-23-17-11-5)68-54-40-30-24-18-12-6/h83-84,89-90,101-102H,7-82H2,1-6H3,(H,93,103)(H,94,104). The molecule has 0 heterocycles.